The Labute approximate surface area is 85.8 Å². The first-order valence-electron chi connectivity index (χ1n) is 5.33. The topological polar surface area (TPSA) is 12.0 Å². The fourth-order valence-corrected chi connectivity index (χ4v) is 2.14. The summed E-state index contributed by atoms with van der Waals surface area (Å²) in [5.74, 6) is 0.567. The Kier molecular flexibility index (Phi) is 2.58. The van der Waals surface area contributed by atoms with Crippen LogP contribution in [0.15, 0.2) is 36.4 Å². The number of nitrogens with one attached hydrogen (secondary N) is 1. The lowest BCUT2D eigenvalue weighted by Gasteiger charge is -2.27. The summed E-state index contributed by atoms with van der Waals surface area (Å²) >= 11 is 0. The van der Waals surface area contributed by atoms with Gasteiger partial charge in [0.25, 0.3) is 0 Å². The standard InChI is InChI=1S/C13H17N/c1-3-10(2)11-8-9-14-13-7-5-4-6-12(11)13/h4-7,11,14H,2-3,8-9H2,1H3. The summed E-state index contributed by atoms with van der Waals surface area (Å²) < 4.78 is 0. The second-order valence-electron chi connectivity index (χ2n) is 3.87. The molecule has 0 aliphatic carbocycles. The molecule has 1 nitrogen and oxygen atoms in total. The van der Waals surface area contributed by atoms with E-state index in [1.54, 1.807) is 0 Å². The maximum absolute atomic E-state index is 4.17. The van der Waals surface area contributed by atoms with Crippen LogP contribution in [0.25, 0.3) is 0 Å². The average molecular weight is 187 g/mol. The minimum Gasteiger partial charge on any atom is -0.385 e. The van der Waals surface area contributed by atoms with E-state index in [4.69, 9.17) is 0 Å². The fraction of sp³-hybridized carbons (Fsp3) is 0.385. The summed E-state index contributed by atoms with van der Waals surface area (Å²) in [7, 11) is 0. The van der Waals surface area contributed by atoms with Crippen LogP contribution in [-0.4, -0.2) is 6.54 Å². The Hall–Kier alpha value is -1.24. The lowest BCUT2D eigenvalue weighted by molar-refractivity contribution is 0.688. The van der Waals surface area contributed by atoms with Gasteiger partial charge in [0, 0.05) is 18.2 Å². The van der Waals surface area contributed by atoms with Gasteiger partial charge in [-0.3, -0.25) is 0 Å². The number of anilines is 1. The van der Waals surface area contributed by atoms with Gasteiger partial charge in [0.15, 0.2) is 0 Å². The van der Waals surface area contributed by atoms with Crippen molar-refractivity contribution in [3.05, 3.63) is 42.0 Å². The molecular weight excluding hydrogens is 170 g/mol. The molecule has 1 heteroatoms. The third kappa shape index (κ3) is 1.54. The molecule has 2 rings (SSSR count). The number of hydrogen-bond donors (Lipinski definition) is 1. The van der Waals surface area contributed by atoms with Crippen LogP contribution in [0, 0.1) is 0 Å². The highest BCUT2D eigenvalue weighted by Gasteiger charge is 2.20. The first-order valence-corrected chi connectivity index (χ1v) is 5.33. The first-order chi connectivity index (χ1) is 6.83. The van der Waals surface area contributed by atoms with Crippen molar-refractivity contribution in [1.29, 1.82) is 0 Å². The third-order valence-corrected chi connectivity index (χ3v) is 3.03. The molecule has 0 bridgehead atoms. The smallest absolute Gasteiger partial charge is 0.0378 e. The molecule has 0 amide bonds. The molecule has 1 aliphatic rings. The summed E-state index contributed by atoms with van der Waals surface area (Å²) in [4.78, 5) is 0. The van der Waals surface area contributed by atoms with Gasteiger partial charge >= 0.3 is 0 Å². The SMILES string of the molecule is C=C(CC)C1CCNc2ccccc21. The molecule has 14 heavy (non-hydrogen) atoms. The second kappa shape index (κ2) is 3.87. The Bertz CT molecular complexity index is 341. The Morgan fingerprint density at radius 1 is 1.50 bits per heavy atom. The third-order valence-electron chi connectivity index (χ3n) is 3.03. The van der Waals surface area contributed by atoms with Crippen LogP contribution in [0.4, 0.5) is 5.69 Å². The molecule has 0 aromatic heterocycles. The van der Waals surface area contributed by atoms with Crippen molar-refractivity contribution in [1.82, 2.24) is 0 Å². The van der Waals surface area contributed by atoms with E-state index < -0.39 is 0 Å². The number of hydrogen-bond acceptors (Lipinski definition) is 1. The zero-order chi connectivity index (χ0) is 9.97. The molecule has 0 fully saturated rings. The molecule has 0 spiro atoms. The van der Waals surface area contributed by atoms with E-state index in [-0.39, 0.29) is 0 Å². The van der Waals surface area contributed by atoms with Crippen LogP contribution >= 0.6 is 0 Å². The van der Waals surface area contributed by atoms with Crippen LogP contribution in [-0.2, 0) is 0 Å². The van der Waals surface area contributed by atoms with Crippen molar-refractivity contribution in [2.75, 3.05) is 11.9 Å². The van der Waals surface area contributed by atoms with Gasteiger partial charge in [-0.2, -0.15) is 0 Å². The molecule has 0 radical (unpaired) electrons. The van der Waals surface area contributed by atoms with Gasteiger partial charge in [-0.1, -0.05) is 37.3 Å². The zero-order valence-electron chi connectivity index (χ0n) is 8.72. The molecule has 1 atom stereocenters. The quantitative estimate of drug-likeness (QED) is 0.698. The van der Waals surface area contributed by atoms with E-state index in [2.05, 4.69) is 43.1 Å². The largest absolute Gasteiger partial charge is 0.385 e. The molecule has 74 valence electrons. The van der Waals surface area contributed by atoms with Gasteiger partial charge in [-0.05, 0) is 24.5 Å². The maximum atomic E-state index is 4.17. The van der Waals surface area contributed by atoms with Gasteiger partial charge in [-0.25, -0.2) is 0 Å². The molecule has 1 aromatic carbocycles. The van der Waals surface area contributed by atoms with E-state index in [0.29, 0.717) is 5.92 Å². The van der Waals surface area contributed by atoms with E-state index in [0.717, 1.165) is 13.0 Å². The van der Waals surface area contributed by atoms with Crippen molar-refractivity contribution < 1.29 is 0 Å². The van der Waals surface area contributed by atoms with Gasteiger partial charge < -0.3 is 5.32 Å². The van der Waals surface area contributed by atoms with E-state index in [1.807, 2.05) is 0 Å². The molecule has 0 saturated heterocycles. The predicted molar refractivity (Wildman–Crippen MR) is 61.7 cm³/mol. The summed E-state index contributed by atoms with van der Waals surface area (Å²) in [6.07, 6.45) is 2.27. The summed E-state index contributed by atoms with van der Waals surface area (Å²) in [6.45, 7) is 7.43. The number of benzene rings is 1. The Morgan fingerprint density at radius 2 is 2.29 bits per heavy atom. The molecule has 1 aliphatic heterocycles. The van der Waals surface area contributed by atoms with Crippen molar-refractivity contribution in [2.24, 2.45) is 0 Å². The summed E-state index contributed by atoms with van der Waals surface area (Å²) in [6, 6.07) is 8.57. The van der Waals surface area contributed by atoms with Crippen LogP contribution in [0.2, 0.25) is 0 Å². The number of para-hydroxylation sites is 1. The lowest BCUT2D eigenvalue weighted by Crippen LogP contribution is -2.17. The highest BCUT2D eigenvalue weighted by atomic mass is 14.9. The second-order valence-corrected chi connectivity index (χ2v) is 3.87. The van der Waals surface area contributed by atoms with Crippen LogP contribution in [0.1, 0.15) is 31.2 Å². The van der Waals surface area contributed by atoms with Crippen LogP contribution in [0.5, 0.6) is 0 Å². The molecule has 1 N–H and O–H groups in total. The summed E-state index contributed by atoms with van der Waals surface area (Å²) in [5.41, 5.74) is 4.07. The van der Waals surface area contributed by atoms with Gasteiger partial charge in [0.1, 0.15) is 0 Å². The first kappa shape index (κ1) is 9.32. The van der Waals surface area contributed by atoms with Gasteiger partial charge in [0.2, 0.25) is 0 Å². The zero-order valence-corrected chi connectivity index (χ0v) is 8.72. The highest BCUT2D eigenvalue weighted by molar-refractivity contribution is 5.56. The van der Waals surface area contributed by atoms with E-state index in [9.17, 15) is 0 Å². The molecular formula is C13H17N. The average Bonchev–Trinajstić information content (AvgIpc) is 2.27. The predicted octanol–water partition coefficient (Wildman–Crippen LogP) is 3.55. The molecule has 1 unspecified atom stereocenters. The van der Waals surface area contributed by atoms with Crippen molar-refractivity contribution in [2.45, 2.75) is 25.7 Å². The normalized spacial score (nSPS) is 19.6. The molecule has 0 saturated carbocycles. The van der Waals surface area contributed by atoms with Crippen molar-refractivity contribution in [3.8, 4) is 0 Å². The Balaban J connectivity index is 2.35. The van der Waals surface area contributed by atoms with Crippen LogP contribution < -0.4 is 5.32 Å². The van der Waals surface area contributed by atoms with Gasteiger partial charge in [-0.15, -0.1) is 0 Å². The van der Waals surface area contributed by atoms with Crippen molar-refractivity contribution >= 4 is 5.69 Å². The Morgan fingerprint density at radius 3 is 3.07 bits per heavy atom. The number of allylic oxidation sites excluding steroid dienone is 1. The number of rotatable bonds is 2. The molecule has 1 heterocycles. The van der Waals surface area contributed by atoms with Gasteiger partial charge in [0.05, 0.1) is 0 Å². The fourth-order valence-electron chi connectivity index (χ4n) is 2.14. The van der Waals surface area contributed by atoms with E-state index in [1.165, 1.54) is 23.2 Å². The lowest BCUT2D eigenvalue weighted by atomic mass is 9.84. The van der Waals surface area contributed by atoms with Crippen molar-refractivity contribution in [3.63, 3.8) is 0 Å². The maximum Gasteiger partial charge on any atom is 0.0378 e. The minimum atomic E-state index is 0.567. The monoisotopic (exact) mass is 187 g/mol. The van der Waals surface area contributed by atoms with E-state index >= 15 is 0 Å². The minimum absolute atomic E-state index is 0.567. The number of fused-ring (bicyclic) bond motifs is 1. The molecule has 1 aromatic rings. The van der Waals surface area contributed by atoms with Crippen LogP contribution in [0.3, 0.4) is 0 Å². The highest BCUT2D eigenvalue weighted by Crippen LogP contribution is 2.36. The summed E-state index contributed by atoms with van der Waals surface area (Å²) in [5, 5.41) is 3.43.